The number of carbonyl (C=O) groups excluding carboxylic acids is 1. The van der Waals surface area contributed by atoms with Crippen molar-refractivity contribution >= 4 is 16.9 Å². The van der Waals surface area contributed by atoms with E-state index in [9.17, 15) is 9.59 Å². The van der Waals surface area contributed by atoms with E-state index in [0.29, 0.717) is 16.5 Å². The third-order valence-corrected chi connectivity index (χ3v) is 4.93. The van der Waals surface area contributed by atoms with E-state index < -0.39 is 5.97 Å². The number of hydrogen-bond acceptors (Lipinski definition) is 3. The van der Waals surface area contributed by atoms with Crippen LogP contribution in [0.4, 0.5) is 0 Å². The van der Waals surface area contributed by atoms with Gasteiger partial charge in [0.2, 0.25) is 0 Å². The summed E-state index contributed by atoms with van der Waals surface area (Å²) in [6.07, 6.45) is 0. The van der Waals surface area contributed by atoms with Crippen LogP contribution in [-0.2, 0) is 11.8 Å². The van der Waals surface area contributed by atoms with E-state index in [-0.39, 0.29) is 5.43 Å². The Morgan fingerprint density at radius 1 is 0.857 bits per heavy atom. The molecule has 4 nitrogen and oxygen atoms in total. The molecule has 0 saturated carbocycles. The van der Waals surface area contributed by atoms with Crippen molar-refractivity contribution in [3.05, 3.63) is 94.6 Å². The number of methoxy groups -OCH3 is 1. The molecular weight excluding hydrogens is 350 g/mol. The first kappa shape index (κ1) is 17.7. The maximum Gasteiger partial charge on any atom is 0.337 e. The van der Waals surface area contributed by atoms with Crippen molar-refractivity contribution in [1.29, 1.82) is 0 Å². The van der Waals surface area contributed by atoms with Crippen LogP contribution in [0.25, 0.3) is 33.3 Å². The predicted molar refractivity (Wildman–Crippen MR) is 111 cm³/mol. The smallest absolute Gasteiger partial charge is 0.337 e. The molecule has 0 atom stereocenters. The van der Waals surface area contributed by atoms with E-state index in [1.807, 2.05) is 72.3 Å². The topological polar surface area (TPSA) is 48.3 Å². The van der Waals surface area contributed by atoms with Gasteiger partial charge in [0.15, 0.2) is 5.43 Å². The Bertz CT molecular complexity index is 1230. The minimum absolute atomic E-state index is 0.107. The lowest BCUT2D eigenvalue weighted by Gasteiger charge is -2.18. The lowest BCUT2D eigenvalue weighted by Crippen LogP contribution is -2.15. The zero-order valence-corrected chi connectivity index (χ0v) is 15.7. The molecule has 1 heterocycles. The van der Waals surface area contributed by atoms with Gasteiger partial charge < -0.3 is 9.30 Å². The molecule has 0 aliphatic heterocycles. The van der Waals surface area contributed by atoms with Crippen molar-refractivity contribution < 1.29 is 9.53 Å². The van der Waals surface area contributed by atoms with E-state index in [0.717, 1.165) is 22.3 Å². The fourth-order valence-corrected chi connectivity index (χ4v) is 3.59. The standard InChI is InChI=1S/C24H19NO3/c1-25-20-14-13-18(24(27)28-2)15-19(20)23(26)21(16-9-5-3-6-10-16)22(25)17-11-7-4-8-12-17/h3-15H,1-2H3. The molecule has 0 unspecified atom stereocenters. The number of aryl methyl sites for hydroxylation is 1. The van der Waals surface area contributed by atoms with Gasteiger partial charge in [-0.1, -0.05) is 60.7 Å². The minimum Gasteiger partial charge on any atom is -0.465 e. The predicted octanol–water partition coefficient (Wildman–Crippen LogP) is 4.66. The Morgan fingerprint density at radius 3 is 2.07 bits per heavy atom. The highest BCUT2D eigenvalue weighted by Crippen LogP contribution is 2.32. The van der Waals surface area contributed by atoms with E-state index >= 15 is 0 Å². The highest BCUT2D eigenvalue weighted by Gasteiger charge is 2.19. The Hall–Kier alpha value is -3.66. The second-order valence-electron chi connectivity index (χ2n) is 6.57. The molecule has 1 aromatic heterocycles. The number of nitrogens with zero attached hydrogens (tertiary/aromatic N) is 1. The number of rotatable bonds is 3. The fraction of sp³-hybridized carbons (Fsp3) is 0.0833. The van der Waals surface area contributed by atoms with Crippen molar-refractivity contribution in [3.8, 4) is 22.4 Å². The molecule has 0 spiro atoms. The highest BCUT2D eigenvalue weighted by molar-refractivity contribution is 5.97. The first-order valence-electron chi connectivity index (χ1n) is 8.97. The molecule has 138 valence electrons. The molecular formula is C24H19NO3. The van der Waals surface area contributed by atoms with E-state index in [1.165, 1.54) is 7.11 Å². The van der Waals surface area contributed by atoms with Crippen LogP contribution < -0.4 is 5.43 Å². The van der Waals surface area contributed by atoms with Gasteiger partial charge >= 0.3 is 5.97 Å². The van der Waals surface area contributed by atoms with Crippen molar-refractivity contribution in [2.24, 2.45) is 7.05 Å². The summed E-state index contributed by atoms with van der Waals surface area (Å²) in [5, 5.41) is 0.490. The summed E-state index contributed by atoms with van der Waals surface area (Å²) >= 11 is 0. The van der Waals surface area contributed by atoms with Crippen LogP contribution in [0, 0.1) is 0 Å². The highest BCUT2D eigenvalue weighted by atomic mass is 16.5. The van der Waals surface area contributed by atoms with Gasteiger partial charge in [-0.3, -0.25) is 4.79 Å². The van der Waals surface area contributed by atoms with E-state index in [1.54, 1.807) is 18.2 Å². The summed E-state index contributed by atoms with van der Waals surface area (Å²) in [7, 11) is 3.27. The zero-order valence-electron chi connectivity index (χ0n) is 15.7. The number of hydrogen-bond donors (Lipinski definition) is 0. The first-order chi connectivity index (χ1) is 13.6. The van der Waals surface area contributed by atoms with Gasteiger partial charge in [0.25, 0.3) is 0 Å². The van der Waals surface area contributed by atoms with E-state index in [2.05, 4.69) is 0 Å². The molecule has 0 bridgehead atoms. The molecule has 0 amide bonds. The van der Waals surface area contributed by atoms with Crippen LogP contribution in [0.1, 0.15) is 10.4 Å². The molecule has 0 fully saturated rings. The van der Waals surface area contributed by atoms with Crippen molar-refractivity contribution in [3.63, 3.8) is 0 Å². The Kier molecular flexibility index (Phi) is 4.53. The first-order valence-corrected chi connectivity index (χ1v) is 8.97. The Balaban J connectivity index is 2.15. The normalized spacial score (nSPS) is 10.8. The third-order valence-electron chi connectivity index (χ3n) is 4.93. The van der Waals surface area contributed by atoms with Crippen molar-refractivity contribution in [2.45, 2.75) is 0 Å². The number of ether oxygens (including phenoxy) is 1. The largest absolute Gasteiger partial charge is 0.465 e. The van der Waals surface area contributed by atoms with Gasteiger partial charge in [-0.2, -0.15) is 0 Å². The molecule has 4 heteroatoms. The lowest BCUT2D eigenvalue weighted by molar-refractivity contribution is 0.0601. The Labute approximate surface area is 162 Å². The fourth-order valence-electron chi connectivity index (χ4n) is 3.59. The van der Waals surface area contributed by atoms with Gasteiger partial charge in [0.1, 0.15) is 0 Å². The maximum atomic E-state index is 13.6. The summed E-state index contributed by atoms with van der Waals surface area (Å²) in [4.78, 5) is 25.5. The second-order valence-corrected chi connectivity index (χ2v) is 6.57. The number of benzene rings is 3. The minimum atomic E-state index is -0.461. The van der Waals surface area contributed by atoms with Crippen LogP contribution in [0.2, 0.25) is 0 Å². The molecule has 0 aliphatic rings. The van der Waals surface area contributed by atoms with Crippen LogP contribution in [0.5, 0.6) is 0 Å². The number of pyridine rings is 1. The van der Waals surface area contributed by atoms with Crippen molar-refractivity contribution in [1.82, 2.24) is 4.57 Å². The van der Waals surface area contributed by atoms with Crippen LogP contribution >= 0.6 is 0 Å². The summed E-state index contributed by atoms with van der Waals surface area (Å²) in [5.41, 5.74) is 4.27. The SMILES string of the molecule is COC(=O)c1ccc2c(c1)c(=O)c(-c1ccccc1)c(-c1ccccc1)n2C. The average Bonchev–Trinajstić information content (AvgIpc) is 2.76. The number of aromatic nitrogens is 1. The van der Waals surface area contributed by atoms with E-state index in [4.69, 9.17) is 4.74 Å². The van der Waals surface area contributed by atoms with Gasteiger partial charge in [0.05, 0.1) is 29.4 Å². The monoisotopic (exact) mass is 369 g/mol. The molecule has 0 radical (unpaired) electrons. The Morgan fingerprint density at radius 2 is 1.46 bits per heavy atom. The number of carbonyl (C=O) groups is 1. The van der Waals surface area contributed by atoms with Crippen LogP contribution in [-0.4, -0.2) is 17.6 Å². The molecule has 4 rings (SSSR count). The molecule has 4 aromatic rings. The number of esters is 1. The van der Waals surface area contributed by atoms with Gasteiger partial charge in [0, 0.05) is 12.4 Å². The quantitative estimate of drug-likeness (QED) is 0.494. The zero-order chi connectivity index (χ0) is 19.7. The summed E-state index contributed by atoms with van der Waals surface area (Å²) in [5.74, 6) is -0.461. The van der Waals surface area contributed by atoms with Gasteiger partial charge in [-0.25, -0.2) is 4.79 Å². The van der Waals surface area contributed by atoms with Gasteiger partial charge in [-0.05, 0) is 29.3 Å². The molecule has 0 saturated heterocycles. The number of fused-ring (bicyclic) bond motifs is 1. The lowest BCUT2D eigenvalue weighted by atomic mass is 9.95. The maximum absolute atomic E-state index is 13.6. The summed E-state index contributed by atoms with van der Waals surface area (Å²) in [6.45, 7) is 0. The third kappa shape index (κ3) is 2.89. The van der Waals surface area contributed by atoms with Gasteiger partial charge in [-0.15, -0.1) is 0 Å². The van der Waals surface area contributed by atoms with Crippen molar-refractivity contribution in [2.75, 3.05) is 7.11 Å². The molecule has 0 aliphatic carbocycles. The average molecular weight is 369 g/mol. The molecule has 3 aromatic carbocycles. The summed E-state index contributed by atoms with van der Waals surface area (Å²) < 4.78 is 6.82. The van der Waals surface area contributed by atoms with Crippen LogP contribution in [0.3, 0.4) is 0 Å². The molecule has 28 heavy (non-hydrogen) atoms. The summed E-state index contributed by atoms with van der Waals surface area (Å²) in [6, 6.07) is 24.6. The second kappa shape index (κ2) is 7.16. The molecule has 0 N–H and O–H groups in total. The van der Waals surface area contributed by atoms with Crippen LogP contribution in [0.15, 0.2) is 83.7 Å².